The van der Waals surface area contributed by atoms with Gasteiger partial charge in [0.05, 0.1) is 5.69 Å². The highest BCUT2D eigenvalue weighted by Crippen LogP contribution is 2.30. The predicted molar refractivity (Wildman–Crippen MR) is 81.7 cm³/mol. The molecule has 102 valence electrons. The van der Waals surface area contributed by atoms with Gasteiger partial charge in [0.15, 0.2) is 0 Å². The van der Waals surface area contributed by atoms with Crippen molar-refractivity contribution in [1.29, 1.82) is 0 Å². The number of nitrogens with one attached hydrogen (secondary N) is 1. The van der Waals surface area contributed by atoms with Gasteiger partial charge in [-0.2, -0.15) is 0 Å². The second-order valence-corrected chi connectivity index (χ2v) is 4.73. The number of fused-ring (bicyclic) bond motifs is 1. The number of ether oxygens (including phenoxy) is 1. The predicted octanol–water partition coefficient (Wildman–Crippen LogP) is 3.15. The first-order valence-corrected chi connectivity index (χ1v) is 6.87. The molecule has 0 spiro atoms. The Labute approximate surface area is 119 Å². The minimum absolute atomic E-state index is 0.899. The summed E-state index contributed by atoms with van der Waals surface area (Å²) < 4.78 is 5.49. The average molecular weight is 266 g/mol. The second-order valence-electron chi connectivity index (χ2n) is 4.73. The van der Waals surface area contributed by atoms with Crippen molar-refractivity contribution in [1.82, 2.24) is 5.32 Å². The molecule has 20 heavy (non-hydrogen) atoms. The van der Waals surface area contributed by atoms with E-state index >= 15 is 0 Å². The largest absolute Gasteiger partial charge is 0.461 e. The van der Waals surface area contributed by atoms with Gasteiger partial charge in [-0.3, -0.25) is 0 Å². The lowest BCUT2D eigenvalue weighted by Crippen LogP contribution is -2.29. The number of rotatable bonds is 5. The maximum absolute atomic E-state index is 5.49. The summed E-state index contributed by atoms with van der Waals surface area (Å²) in [7, 11) is 0. The molecule has 1 N–H and O–H groups in total. The van der Waals surface area contributed by atoms with Crippen LogP contribution in [-0.4, -0.2) is 13.1 Å². The van der Waals surface area contributed by atoms with Crippen LogP contribution >= 0.6 is 0 Å². The van der Waals surface area contributed by atoms with Gasteiger partial charge in [0.1, 0.15) is 12.0 Å². The summed E-state index contributed by atoms with van der Waals surface area (Å²) in [5.41, 5.74) is 2.43. The standard InChI is InChI=1S/C17H18N2O/c1-2-6-15(7-3-1)14-18-10-11-19-12-13-20-17-9-5-4-8-16(17)19/h1-9,12-13,18H,10-11,14H2. The molecule has 2 aromatic carbocycles. The zero-order chi connectivity index (χ0) is 13.6. The van der Waals surface area contributed by atoms with Crippen molar-refractivity contribution in [3.63, 3.8) is 0 Å². The molecular formula is C17H18N2O. The number of hydrogen-bond acceptors (Lipinski definition) is 3. The van der Waals surface area contributed by atoms with Gasteiger partial charge in [-0.05, 0) is 17.7 Å². The van der Waals surface area contributed by atoms with Crippen LogP contribution in [0.3, 0.4) is 0 Å². The van der Waals surface area contributed by atoms with Crippen LogP contribution in [0, 0.1) is 0 Å². The fourth-order valence-corrected chi connectivity index (χ4v) is 2.27. The molecule has 0 radical (unpaired) electrons. The van der Waals surface area contributed by atoms with E-state index in [2.05, 4.69) is 40.5 Å². The van der Waals surface area contributed by atoms with Crippen LogP contribution < -0.4 is 15.0 Å². The fraction of sp³-hybridized carbons (Fsp3) is 0.176. The van der Waals surface area contributed by atoms with Gasteiger partial charge in [-0.15, -0.1) is 0 Å². The Balaban J connectivity index is 1.52. The minimum Gasteiger partial charge on any atom is -0.461 e. The van der Waals surface area contributed by atoms with Gasteiger partial charge >= 0.3 is 0 Å². The number of benzene rings is 2. The number of anilines is 1. The SMILES string of the molecule is C1=CN(CCNCc2ccccc2)c2ccccc2O1. The lowest BCUT2D eigenvalue weighted by molar-refractivity contribution is 0.468. The molecule has 0 amide bonds. The van der Waals surface area contributed by atoms with Crippen molar-refractivity contribution in [3.8, 4) is 5.75 Å². The molecule has 0 aliphatic carbocycles. The van der Waals surface area contributed by atoms with E-state index in [-0.39, 0.29) is 0 Å². The van der Waals surface area contributed by atoms with Crippen LogP contribution in [0.5, 0.6) is 5.75 Å². The number of hydrogen-bond donors (Lipinski definition) is 1. The van der Waals surface area contributed by atoms with Crippen LogP contribution in [0.4, 0.5) is 5.69 Å². The zero-order valence-electron chi connectivity index (χ0n) is 11.3. The Morgan fingerprint density at radius 1 is 0.950 bits per heavy atom. The third kappa shape index (κ3) is 3.00. The highest BCUT2D eigenvalue weighted by Gasteiger charge is 2.12. The van der Waals surface area contributed by atoms with Gasteiger partial charge in [0.2, 0.25) is 0 Å². The third-order valence-electron chi connectivity index (χ3n) is 3.31. The second kappa shape index (κ2) is 6.26. The molecule has 0 atom stereocenters. The zero-order valence-corrected chi connectivity index (χ0v) is 11.3. The molecule has 1 aliphatic rings. The summed E-state index contributed by atoms with van der Waals surface area (Å²) in [6, 6.07) is 18.5. The van der Waals surface area contributed by atoms with Crippen LogP contribution in [-0.2, 0) is 6.54 Å². The quantitative estimate of drug-likeness (QED) is 0.841. The lowest BCUT2D eigenvalue weighted by atomic mass is 10.2. The molecule has 3 nitrogen and oxygen atoms in total. The van der Waals surface area contributed by atoms with Gasteiger partial charge in [-0.1, -0.05) is 42.5 Å². The molecule has 2 aromatic rings. The van der Waals surface area contributed by atoms with E-state index in [4.69, 9.17) is 4.74 Å². The van der Waals surface area contributed by atoms with E-state index in [1.807, 2.05) is 30.5 Å². The van der Waals surface area contributed by atoms with Crippen molar-refractivity contribution in [2.24, 2.45) is 0 Å². The molecule has 3 rings (SSSR count). The molecule has 0 saturated heterocycles. The minimum atomic E-state index is 0.899. The van der Waals surface area contributed by atoms with Gasteiger partial charge in [-0.25, -0.2) is 0 Å². The van der Waals surface area contributed by atoms with E-state index in [0.29, 0.717) is 0 Å². The summed E-state index contributed by atoms with van der Waals surface area (Å²) >= 11 is 0. The van der Waals surface area contributed by atoms with E-state index in [1.54, 1.807) is 6.26 Å². The topological polar surface area (TPSA) is 24.5 Å². The van der Waals surface area contributed by atoms with Crippen molar-refractivity contribution >= 4 is 5.69 Å². The monoisotopic (exact) mass is 266 g/mol. The van der Waals surface area contributed by atoms with Gasteiger partial charge in [0, 0.05) is 25.8 Å². The van der Waals surface area contributed by atoms with Crippen LogP contribution in [0.1, 0.15) is 5.56 Å². The highest BCUT2D eigenvalue weighted by atomic mass is 16.5. The first-order chi connectivity index (χ1) is 9.93. The molecule has 0 saturated carbocycles. The normalized spacial score (nSPS) is 12.9. The van der Waals surface area contributed by atoms with Crippen molar-refractivity contribution < 1.29 is 4.74 Å². The van der Waals surface area contributed by atoms with Crippen molar-refractivity contribution in [2.75, 3.05) is 18.0 Å². The Morgan fingerprint density at radius 3 is 2.65 bits per heavy atom. The smallest absolute Gasteiger partial charge is 0.150 e. The molecule has 0 aromatic heterocycles. The van der Waals surface area contributed by atoms with Gasteiger partial charge in [0.25, 0.3) is 0 Å². The maximum Gasteiger partial charge on any atom is 0.150 e. The summed E-state index contributed by atoms with van der Waals surface area (Å²) in [6.45, 7) is 2.74. The molecule has 0 fully saturated rings. The highest BCUT2D eigenvalue weighted by molar-refractivity contribution is 5.62. The average Bonchev–Trinajstić information content (AvgIpc) is 2.53. The first-order valence-electron chi connectivity index (χ1n) is 6.87. The van der Waals surface area contributed by atoms with E-state index in [0.717, 1.165) is 31.1 Å². The molecular weight excluding hydrogens is 248 g/mol. The summed E-state index contributed by atoms with van der Waals surface area (Å²) in [5.74, 6) is 0.915. The Kier molecular flexibility index (Phi) is 3.99. The van der Waals surface area contributed by atoms with Crippen LogP contribution in [0.2, 0.25) is 0 Å². The lowest BCUT2D eigenvalue weighted by Gasteiger charge is -2.25. The van der Waals surface area contributed by atoms with E-state index < -0.39 is 0 Å². The van der Waals surface area contributed by atoms with Crippen LogP contribution in [0.15, 0.2) is 67.1 Å². The Bertz CT molecular complexity index is 581. The van der Waals surface area contributed by atoms with E-state index in [1.165, 1.54) is 5.56 Å². The molecule has 0 bridgehead atoms. The summed E-state index contributed by atoms with van der Waals surface area (Å²) in [6.07, 6.45) is 3.71. The summed E-state index contributed by atoms with van der Waals surface area (Å²) in [4.78, 5) is 2.21. The van der Waals surface area contributed by atoms with Crippen molar-refractivity contribution in [3.05, 3.63) is 72.6 Å². The number of para-hydroxylation sites is 2. The Morgan fingerprint density at radius 2 is 1.75 bits per heavy atom. The fourth-order valence-electron chi connectivity index (χ4n) is 2.27. The van der Waals surface area contributed by atoms with Crippen molar-refractivity contribution in [2.45, 2.75) is 6.54 Å². The van der Waals surface area contributed by atoms with Gasteiger partial charge < -0.3 is 15.0 Å². The molecule has 1 aliphatic heterocycles. The molecule has 1 heterocycles. The van der Waals surface area contributed by atoms with E-state index in [9.17, 15) is 0 Å². The third-order valence-corrected chi connectivity index (χ3v) is 3.31. The molecule has 3 heteroatoms. The number of nitrogens with zero attached hydrogens (tertiary/aromatic N) is 1. The maximum atomic E-state index is 5.49. The summed E-state index contributed by atoms with van der Waals surface area (Å²) in [5, 5.41) is 3.46. The first kappa shape index (κ1) is 12.8. The van der Waals surface area contributed by atoms with Crippen LogP contribution in [0.25, 0.3) is 0 Å². The Hall–Kier alpha value is -2.26. The molecule has 0 unspecified atom stereocenters.